The molecule has 0 amide bonds. The van der Waals surface area contributed by atoms with Crippen molar-refractivity contribution in [2.75, 3.05) is 6.67 Å². The molecule has 0 unspecified atom stereocenters. The molecule has 5 atom stereocenters. The number of fused-ring (bicyclic) bond motifs is 1. The molecule has 2 heterocycles. The van der Waals surface area contributed by atoms with Crippen LogP contribution >= 0.6 is 0 Å². The van der Waals surface area contributed by atoms with Crippen LogP contribution in [0, 0.1) is 0 Å². The van der Waals surface area contributed by atoms with Gasteiger partial charge in [-0.05, 0) is 19.4 Å². The Kier molecular flexibility index (Phi) is 4.47. The second-order valence-corrected chi connectivity index (χ2v) is 6.05. The van der Waals surface area contributed by atoms with Crippen LogP contribution in [0.15, 0.2) is 30.3 Å². The molecule has 1 aromatic carbocycles. The number of benzene rings is 1. The number of hydrogen-bond donors (Lipinski definition) is 1. The SMILES string of the molecule is CC1(C)O[C@@H]2[C@@H](OCc3ccccc3)O[C@H](CF)[C@@H](O)[C@@H]2O1. The average Bonchev–Trinajstić information content (AvgIpc) is 2.84. The highest BCUT2D eigenvalue weighted by molar-refractivity contribution is 5.13. The molecule has 2 fully saturated rings. The fraction of sp³-hybridized carbons (Fsp3) is 0.625. The van der Waals surface area contributed by atoms with Crippen LogP contribution in [-0.2, 0) is 25.6 Å². The van der Waals surface area contributed by atoms with E-state index in [1.807, 2.05) is 30.3 Å². The number of hydrogen-bond acceptors (Lipinski definition) is 5. The van der Waals surface area contributed by atoms with Gasteiger partial charge in [-0.2, -0.15) is 0 Å². The van der Waals surface area contributed by atoms with Crippen LogP contribution in [0.5, 0.6) is 0 Å². The molecule has 0 aromatic heterocycles. The topological polar surface area (TPSA) is 57.2 Å². The van der Waals surface area contributed by atoms with Gasteiger partial charge in [-0.3, -0.25) is 0 Å². The van der Waals surface area contributed by atoms with E-state index in [-0.39, 0.29) is 0 Å². The Balaban J connectivity index is 1.71. The lowest BCUT2D eigenvalue weighted by molar-refractivity contribution is -0.280. The monoisotopic (exact) mass is 312 g/mol. The zero-order valence-corrected chi connectivity index (χ0v) is 12.6. The van der Waals surface area contributed by atoms with Gasteiger partial charge in [0.05, 0.1) is 6.61 Å². The van der Waals surface area contributed by atoms with Gasteiger partial charge in [0.2, 0.25) is 0 Å². The predicted octanol–water partition coefficient (Wildman–Crippen LogP) is 1.78. The zero-order chi connectivity index (χ0) is 15.7. The van der Waals surface area contributed by atoms with Crippen LogP contribution < -0.4 is 0 Å². The van der Waals surface area contributed by atoms with E-state index in [0.717, 1.165) is 5.56 Å². The Labute approximate surface area is 128 Å². The summed E-state index contributed by atoms with van der Waals surface area (Å²) in [7, 11) is 0. The van der Waals surface area contributed by atoms with Gasteiger partial charge >= 0.3 is 0 Å². The molecule has 22 heavy (non-hydrogen) atoms. The van der Waals surface area contributed by atoms with E-state index in [0.29, 0.717) is 6.61 Å². The molecule has 3 rings (SSSR count). The summed E-state index contributed by atoms with van der Waals surface area (Å²) in [6.07, 6.45) is -4.08. The van der Waals surface area contributed by atoms with E-state index >= 15 is 0 Å². The molecule has 2 saturated heterocycles. The highest BCUT2D eigenvalue weighted by Gasteiger charge is 2.55. The normalized spacial score (nSPS) is 37.0. The van der Waals surface area contributed by atoms with Crippen molar-refractivity contribution in [2.24, 2.45) is 0 Å². The smallest absolute Gasteiger partial charge is 0.187 e. The first-order chi connectivity index (χ1) is 10.5. The zero-order valence-electron chi connectivity index (χ0n) is 12.6. The molecule has 0 saturated carbocycles. The minimum atomic E-state index is -1.08. The Morgan fingerprint density at radius 2 is 1.86 bits per heavy atom. The molecule has 5 nitrogen and oxygen atoms in total. The number of alkyl halides is 1. The van der Waals surface area contributed by atoms with E-state index in [2.05, 4.69) is 0 Å². The maximum Gasteiger partial charge on any atom is 0.187 e. The average molecular weight is 312 g/mol. The van der Waals surface area contributed by atoms with Crippen molar-refractivity contribution in [3.05, 3.63) is 35.9 Å². The molecule has 0 bridgehead atoms. The lowest BCUT2D eigenvalue weighted by Crippen LogP contribution is -2.57. The lowest BCUT2D eigenvalue weighted by atomic mass is 10.00. The Bertz CT molecular complexity index is 495. The highest BCUT2D eigenvalue weighted by atomic mass is 19.1. The van der Waals surface area contributed by atoms with E-state index in [9.17, 15) is 9.50 Å². The van der Waals surface area contributed by atoms with Gasteiger partial charge in [0.25, 0.3) is 0 Å². The van der Waals surface area contributed by atoms with Crippen molar-refractivity contribution in [1.29, 1.82) is 0 Å². The third kappa shape index (κ3) is 3.16. The number of aliphatic hydroxyl groups is 1. The Morgan fingerprint density at radius 1 is 1.18 bits per heavy atom. The molecule has 1 N–H and O–H groups in total. The van der Waals surface area contributed by atoms with Crippen molar-refractivity contribution in [3.8, 4) is 0 Å². The summed E-state index contributed by atoms with van der Waals surface area (Å²) in [5.41, 5.74) is 0.976. The minimum absolute atomic E-state index is 0.313. The van der Waals surface area contributed by atoms with Gasteiger partial charge < -0.3 is 24.1 Å². The summed E-state index contributed by atoms with van der Waals surface area (Å²) in [5.74, 6) is -0.862. The largest absolute Gasteiger partial charge is 0.387 e. The summed E-state index contributed by atoms with van der Waals surface area (Å²) < 4.78 is 35.8. The van der Waals surface area contributed by atoms with Crippen LogP contribution in [0.25, 0.3) is 0 Å². The maximum atomic E-state index is 13.1. The van der Waals surface area contributed by atoms with E-state index in [4.69, 9.17) is 18.9 Å². The van der Waals surface area contributed by atoms with Crippen molar-refractivity contribution in [2.45, 2.75) is 56.9 Å². The maximum absolute atomic E-state index is 13.1. The van der Waals surface area contributed by atoms with E-state index in [1.165, 1.54) is 0 Å². The Morgan fingerprint density at radius 3 is 2.55 bits per heavy atom. The molecule has 2 aliphatic rings. The van der Waals surface area contributed by atoms with Crippen LogP contribution in [0.4, 0.5) is 4.39 Å². The second kappa shape index (κ2) is 6.22. The van der Waals surface area contributed by atoms with Crippen LogP contribution in [0.1, 0.15) is 19.4 Å². The van der Waals surface area contributed by atoms with Gasteiger partial charge in [0.15, 0.2) is 12.1 Å². The Hall–Kier alpha value is -1.05. The first-order valence-corrected chi connectivity index (χ1v) is 7.41. The molecule has 0 radical (unpaired) electrons. The summed E-state index contributed by atoms with van der Waals surface area (Å²) in [5, 5.41) is 10.1. The number of aliphatic hydroxyl groups excluding tert-OH is 1. The molecule has 0 aliphatic carbocycles. The van der Waals surface area contributed by atoms with Crippen molar-refractivity contribution in [3.63, 3.8) is 0 Å². The van der Waals surface area contributed by atoms with Crippen LogP contribution in [-0.4, -0.2) is 48.3 Å². The molecule has 0 spiro atoms. The van der Waals surface area contributed by atoms with E-state index < -0.39 is 43.2 Å². The molecule has 122 valence electrons. The second-order valence-electron chi connectivity index (χ2n) is 6.05. The fourth-order valence-electron chi connectivity index (χ4n) is 2.85. The third-order valence-electron chi connectivity index (χ3n) is 3.87. The van der Waals surface area contributed by atoms with Crippen molar-refractivity contribution >= 4 is 0 Å². The van der Waals surface area contributed by atoms with E-state index in [1.54, 1.807) is 13.8 Å². The van der Waals surface area contributed by atoms with Gasteiger partial charge in [-0.15, -0.1) is 0 Å². The minimum Gasteiger partial charge on any atom is -0.387 e. The van der Waals surface area contributed by atoms with Gasteiger partial charge in [0, 0.05) is 0 Å². The summed E-state index contributed by atoms with van der Waals surface area (Å²) >= 11 is 0. The standard InChI is InChI=1S/C16H21FO5/c1-16(2)21-13-12(18)11(8-17)20-15(14(13)22-16)19-9-10-6-4-3-5-7-10/h3-7,11-15,18H,8-9H2,1-2H3/t11-,12-,13+,14+,15+/m1/s1. The summed E-state index contributed by atoms with van der Waals surface area (Å²) in [6.45, 7) is 3.00. The first-order valence-electron chi connectivity index (χ1n) is 7.41. The summed E-state index contributed by atoms with van der Waals surface area (Å²) in [4.78, 5) is 0. The number of ether oxygens (including phenoxy) is 4. The van der Waals surface area contributed by atoms with Crippen molar-refractivity contribution < 1.29 is 28.4 Å². The number of halogens is 1. The quantitative estimate of drug-likeness (QED) is 0.918. The molecule has 6 heteroatoms. The lowest BCUT2D eigenvalue weighted by Gasteiger charge is -2.38. The first kappa shape index (κ1) is 15.8. The molecular weight excluding hydrogens is 291 g/mol. The van der Waals surface area contributed by atoms with Crippen molar-refractivity contribution in [1.82, 2.24) is 0 Å². The molecule has 1 aromatic rings. The van der Waals surface area contributed by atoms with Gasteiger partial charge in [0.1, 0.15) is 31.1 Å². The highest BCUT2D eigenvalue weighted by Crippen LogP contribution is 2.38. The molecular formula is C16H21FO5. The van der Waals surface area contributed by atoms with Crippen LogP contribution in [0.3, 0.4) is 0 Å². The number of rotatable bonds is 4. The fourth-order valence-corrected chi connectivity index (χ4v) is 2.85. The predicted molar refractivity (Wildman–Crippen MR) is 75.7 cm³/mol. The molecule has 2 aliphatic heterocycles. The van der Waals surface area contributed by atoms with Gasteiger partial charge in [-0.1, -0.05) is 30.3 Å². The third-order valence-corrected chi connectivity index (χ3v) is 3.87. The summed E-state index contributed by atoms with van der Waals surface area (Å²) in [6, 6.07) is 9.60. The van der Waals surface area contributed by atoms with Gasteiger partial charge in [-0.25, -0.2) is 4.39 Å². The van der Waals surface area contributed by atoms with Crippen LogP contribution in [0.2, 0.25) is 0 Å².